The van der Waals surface area contributed by atoms with Gasteiger partial charge in [0.25, 0.3) is 5.91 Å². The predicted octanol–water partition coefficient (Wildman–Crippen LogP) is 2.52. The number of anilines is 1. The Morgan fingerprint density at radius 3 is 2.55 bits per heavy atom. The van der Waals surface area contributed by atoms with Crippen LogP contribution in [0.4, 0.5) is 18.9 Å². The molecule has 0 radical (unpaired) electrons. The Morgan fingerprint density at radius 2 is 1.95 bits per heavy atom. The van der Waals surface area contributed by atoms with Gasteiger partial charge in [0.2, 0.25) is 0 Å². The molecule has 20 heavy (non-hydrogen) atoms. The van der Waals surface area contributed by atoms with Crippen molar-refractivity contribution in [3.63, 3.8) is 0 Å². The second kappa shape index (κ2) is 4.99. The molecule has 1 aromatic carbocycles. The van der Waals surface area contributed by atoms with Gasteiger partial charge in [-0.1, -0.05) is 18.2 Å². The first-order chi connectivity index (χ1) is 9.36. The molecule has 1 amide bonds. The molecule has 1 aromatic rings. The number of halogens is 3. The van der Waals surface area contributed by atoms with E-state index < -0.39 is 29.2 Å². The van der Waals surface area contributed by atoms with Crippen LogP contribution >= 0.6 is 0 Å². The number of hydrogen-bond acceptors (Lipinski definition) is 3. The van der Waals surface area contributed by atoms with Crippen LogP contribution in [0.2, 0.25) is 0 Å². The van der Waals surface area contributed by atoms with Crippen LogP contribution in [0.5, 0.6) is 0 Å². The summed E-state index contributed by atoms with van der Waals surface area (Å²) in [5.74, 6) is -2.52. The van der Waals surface area contributed by atoms with Crippen molar-refractivity contribution < 1.29 is 27.5 Å². The monoisotopic (exact) mass is 285 g/mol. The number of hydrogen-bond donors (Lipinski definition) is 1. The van der Waals surface area contributed by atoms with Crippen LogP contribution in [0.1, 0.15) is 12.5 Å². The van der Waals surface area contributed by atoms with Gasteiger partial charge < -0.3 is 10.1 Å². The largest absolute Gasteiger partial charge is 0.462 e. The van der Waals surface area contributed by atoms with E-state index in [1.807, 2.05) is 0 Å². The third kappa shape index (κ3) is 2.38. The number of benzene rings is 1. The molecule has 1 aliphatic heterocycles. The average Bonchev–Trinajstić information content (AvgIpc) is 2.65. The molecule has 0 saturated heterocycles. The highest BCUT2D eigenvalue weighted by Gasteiger charge is 2.46. The first-order valence-electron chi connectivity index (χ1n) is 5.75. The summed E-state index contributed by atoms with van der Waals surface area (Å²) in [5.41, 5.74) is -2.01. The lowest BCUT2D eigenvalue weighted by Crippen LogP contribution is -2.25. The van der Waals surface area contributed by atoms with Gasteiger partial charge in [-0.3, -0.25) is 4.79 Å². The molecule has 0 atom stereocenters. The molecule has 0 bridgehead atoms. The van der Waals surface area contributed by atoms with Crippen LogP contribution < -0.4 is 5.32 Å². The highest BCUT2D eigenvalue weighted by molar-refractivity contribution is 6.35. The quantitative estimate of drug-likeness (QED) is 0.671. The number of nitrogens with one attached hydrogen (secondary N) is 1. The number of carbonyl (C=O) groups excluding carboxylic acids is 2. The fourth-order valence-electron chi connectivity index (χ4n) is 1.93. The number of carbonyl (C=O) groups is 2. The van der Waals surface area contributed by atoms with Crippen molar-refractivity contribution in [2.45, 2.75) is 13.1 Å². The van der Waals surface area contributed by atoms with Gasteiger partial charge >= 0.3 is 12.1 Å². The van der Waals surface area contributed by atoms with Gasteiger partial charge in [0, 0.05) is 11.3 Å². The Bertz CT molecular complexity index is 605. The molecule has 0 fully saturated rings. The maximum absolute atomic E-state index is 13.1. The van der Waals surface area contributed by atoms with Crippen LogP contribution in [0.25, 0.3) is 5.57 Å². The first-order valence-corrected chi connectivity index (χ1v) is 5.75. The number of alkyl halides is 3. The van der Waals surface area contributed by atoms with Crippen molar-refractivity contribution in [2.75, 3.05) is 11.9 Å². The Kier molecular flexibility index (Phi) is 3.52. The Labute approximate surface area is 112 Å². The van der Waals surface area contributed by atoms with Crippen molar-refractivity contribution in [3.8, 4) is 0 Å². The first kappa shape index (κ1) is 14.1. The number of rotatable bonds is 2. The second-order valence-electron chi connectivity index (χ2n) is 3.97. The number of para-hydroxylation sites is 1. The maximum Gasteiger partial charge on any atom is 0.424 e. The van der Waals surface area contributed by atoms with Crippen molar-refractivity contribution in [1.29, 1.82) is 0 Å². The van der Waals surface area contributed by atoms with Crippen molar-refractivity contribution in [1.82, 2.24) is 0 Å². The zero-order valence-corrected chi connectivity index (χ0v) is 10.4. The van der Waals surface area contributed by atoms with E-state index in [-0.39, 0.29) is 17.9 Å². The third-order valence-electron chi connectivity index (χ3n) is 2.68. The van der Waals surface area contributed by atoms with Crippen molar-refractivity contribution in [2.24, 2.45) is 0 Å². The summed E-state index contributed by atoms with van der Waals surface area (Å²) in [6, 6.07) is 5.85. The lowest BCUT2D eigenvalue weighted by molar-refractivity contribution is -0.150. The maximum atomic E-state index is 13.1. The highest BCUT2D eigenvalue weighted by atomic mass is 19.4. The summed E-state index contributed by atoms with van der Waals surface area (Å²) in [6.45, 7) is 1.17. The van der Waals surface area contributed by atoms with Gasteiger partial charge in [-0.2, -0.15) is 13.2 Å². The summed E-state index contributed by atoms with van der Waals surface area (Å²) in [7, 11) is 0. The lowest BCUT2D eigenvalue weighted by Gasteiger charge is -2.13. The normalized spacial score (nSPS) is 16.5. The number of amides is 1. The smallest absolute Gasteiger partial charge is 0.424 e. The van der Waals surface area contributed by atoms with Crippen LogP contribution in [0.3, 0.4) is 0 Å². The van der Waals surface area contributed by atoms with E-state index in [4.69, 9.17) is 0 Å². The van der Waals surface area contributed by atoms with E-state index in [2.05, 4.69) is 10.1 Å². The molecule has 0 saturated carbocycles. The molecule has 1 N–H and O–H groups in total. The van der Waals surface area contributed by atoms with Crippen molar-refractivity contribution >= 4 is 23.1 Å². The lowest BCUT2D eigenvalue weighted by atomic mass is 10.0. The van der Waals surface area contributed by atoms with Gasteiger partial charge in [0.1, 0.15) is 0 Å². The summed E-state index contributed by atoms with van der Waals surface area (Å²) in [5, 5.41) is 2.29. The molecule has 0 spiro atoms. The zero-order valence-electron chi connectivity index (χ0n) is 10.4. The van der Waals surface area contributed by atoms with E-state index in [0.717, 1.165) is 0 Å². The highest BCUT2D eigenvalue weighted by Crippen LogP contribution is 2.39. The topological polar surface area (TPSA) is 55.4 Å². The Hall–Kier alpha value is -2.31. The van der Waals surface area contributed by atoms with Crippen LogP contribution in [0.15, 0.2) is 29.8 Å². The van der Waals surface area contributed by atoms with E-state index in [9.17, 15) is 22.8 Å². The number of esters is 1. The van der Waals surface area contributed by atoms with Crippen LogP contribution in [0, 0.1) is 0 Å². The van der Waals surface area contributed by atoms with Gasteiger partial charge in [0.15, 0.2) is 5.57 Å². The van der Waals surface area contributed by atoms with Crippen LogP contribution in [-0.2, 0) is 14.3 Å². The van der Waals surface area contributed by atoms with E-state index in [0.29, 0.717) is 0 Å². The second-order valence-corrected chi connectivity index (χ2v) is 3.97. The molecule has 7 heteroatoms. The summed E-state index contributed by atoms with van der Waals surface area (Å²) >= 11 is 0. The van der Waals surface area contributed by atoms with Gasteiger partial charge in [0.05, 0.1) is 12.2 Å². The Morgan fingerprint density at radius 1 is 1.30 bits per heavy atom. The van der Waals surface area contributed by atoms with E-state index in [1.165, 1.54) is 25.1 Å². The molecule has 1 aliphatic rings. The van der Waals surface area contributed by atoms with E-state index in [1.54, 1.807) is 6.07 Å². The predicted molar refractivity (Wildman–Crippen MR) is 64.7 cm³/mol. The molecule has 106 valence electrons. The molecule has 1 heterocycles. The van der Waals surface area contributed by atoms with Crippen molar-refractivity contribution in [3.05, 3.63) is 35.4 Å². The van der Waals surface area contributed by atoms with E-state index >= 15 is 0 Å². The molecule has 2 rings (SSSR count). The molecule has 0 unspecified atom stereocenters. The fourth-order valence-corrected chi connectivity index (χ4v) is 1.93. The fraction of sp³-hybridized carbons (Fsp3) is 0.231. The molecule has 0 aromatic heterocycles. The minimum Gasteiger partial charge on any atom is -0.462 e. The molecule has 4 nitrogen and oxygen atoms in total. The van der Waals surface area contributed by atoms with Gasteiger partial charge in [-0.05, 0) is 13.0 Å². The summed E-state index contributed by atoms with van der Waals surface area (Å²) in [6.07, 6.45) is -4.98. The third-order valence-corrected chi connectivity index (χ3v) is 2.68. The summed E-state index contributed by atoms with van der Waals surface area (Å²) < 4.78 is 43.6. The standard InChI is InChI=1S/C13H10F3NO3/c1-2-20-12(19)10(13(14,15)16)9-7-5-3-4-6-8(7)17-11(9)18/h3-6H,2H2,1H3,(H,17,18)/b10-9+. The molecular weight excluding hydrogens is 275 g/mol. The molecular formula is C13H10F3NO3. The van der Waals surface area contributed by atoms with Gasteiger partial charge in [-0.15, -0.1) is 0 Å². The van der Waals surface area contributed by atoms with Crippen LogP contribution in [-0.4, -0.2) is 24.7 Å². The van der Waals surface area contributed by atoms with Gasteiger partial charge in [-0.25, -0.2) is 4.79 Å². The summed E-state index contributed by atoms with van der Waals surface area (Å²) in [4.78, 5) is 23.3. The average molecular weight is 285 g/mol. The zero-order chi connectivity index (χ0) is 14.9. The molecule has 0 aliphatic carbocycles. The number of fused-ring (bicyclic) bond motifs is 1. The minimum atomic E-state index is -4.98. The Balaban J connectivity index is 2.67. The minimum absolute atomic E-state index is 0.0397. The SMILES string of the molecule is CCOC(=O)/C(=C1\C(=O)Nc2ccccc21)C(F)(F)F. The number of ether oxygens (including phenoxy) is 1.